The Bertz CT molecular complexity index is 1620. The lowest BCUT2D eigenvalue weighted by Gasteiger charge is -2.47. The van der Waals surface area contributed by atoms with Gasteiger partial charge in [0, 0.05) is 30.8 Å². The van der Waals surface area contributed by atoms with E-state index in [4.69, 9.17) is 18.9 Å². The lowest BCUT2D eigenvalue weighted by molar-refractivity contribution is -0.139. The molecular weight excluding hydrogens is 548 g/mol. The maximum Gasteiger partial charge on any atom is 0.273 e. The van der Waals surface area contributed by atoms with Gasteiger partial charge in [-0.15, -0.1) is 0 Å². The van der Waals surface area contributed by atoms with Crippen LogP contribution in [0.2, 0.25) is 0 Å². The molecule has 0 atom stereocenters. The van der Waals surface area contributed by atoms with Crippen molar-refractivity contribution in [1.29, 1.82) is 0 Å². The fourth-order valence-corrected chi connectivity index (χ4v) is 5.76. The molecule has 2 aliphatic rings. The average Bonchev–Trinajstić information content (AvgIpc) is 3.33. The second-order valence-corrected chi connectivity index (χ2v) is 11.6. The van der Waals surface area contributed by atoms with Crippen LogP contribution in [0.5, 0.6) is 23.1 Å². The second kappa shape index (κ2) is 12.2. The number of fused-ring (bicyclic) bond motifs is 1. The van der Waals surface area contributed by atoms with Crippen LogP contribution in [0.15, 0.2) is 42.7 Å². The zero-order valence-corrected chi connectivity index (χ0v) is 25.2. The van der Waals surface area contributed by atoms with E-state index >= 15 is 0 Å². The summed E-state index contributed by atoms with van der Waals surface area (Å²) in [5.41, 5.74) is 3.95. The summed E-state index contributed by atoms with van der Waals surface area (Å²) in [7, 11) is 3.37. The van der Waals surface area contributed by atoms with Gasteiger partial charge in [0.05, 0.1) is 43.5 Å². The lowest BCUT2D eigenvalue weighted by atomic mass is 9.77. The first-order chi connectivity index (χ1) is 20.8. The number of rotatable bonds is 10. The van der Waals surface area contributed by atoms with Crippen LogP contribution in [-0.2, 0) is 11.8 Å². The predicted octanol–water partition coefficient (Wildman–Crippen LogP) is 4.91. The van der Waals surface area contributed by atoms with E-state index in [1.54, 1.807) is 31.0 Å². The number of nitrogens with one attached hydrogen (secondary N) is 1. The zero-order chi connectivity index (χ0) is 30.0. The largest absolute Gasteiger partial charge is 0.493 e. The number of anilines is 1. The molecule has 2 aliphatic heterocycles. The molecule has 2 aromatic carbocycles. The molecule has 4 heterocycles. The minimum Gasteiger partial charge on any atom is -0.493 e. The van der Waals surface area contributed by atoms with Crippen molar-refractivity contribution >= 4 is 22.5 Å². The highest BCUT2D eigenvalue weighted by molar-refractivity contribution is 6.03. The van der Waals surface area contributed by atoms with E-state index in [-0.39, 0.29) is 5.91 Å². The Kier molecular flexibility index (Phi) is 8.18. The van der Waals surface area contributed by atoms with Crippen LogP contribution in [0.25, 0.3) is 10.9 Å². The van der Waals surface area contributed by atoms with Crippen molar-refractivity contribution in [3.8, 4) is 23.1 Å². The molecule has 0 unspecified atom stereocenters. The number of carbonyl (C=O) groups excluding carboxylic acids is 1. The van der Waals surface area contributed by atoms with Crippen LogP contribution in [-0.4, -0.2) is 77.1 Å². The third kappa shape index (κ3) is 6.28. The first kappa shape index (κ1) is 28.9. The van der Waals surface area contributed by atoms with E-state index in [0.717, 1.165) is 50.5 Å². The van der Waals surface area contributed by atoms with Gasteiger partial charge in [0.25, 0.3) is 5.91 Å². The Labute approximate surface area is 251 Å². The van der Waals surface area contributed by atoms with Crippen LogP contribution in [0.1, 0.15) is 41.0 Å². The molecule has 43 heavy (non-hydrogen) atoms. The van der Waals surface area contributed by atoms with E-state index in [1.807, 2.05) is 38.1 Å². The highest BCUT2D eigenvalue weighted by Gasteiger charge is 2.40. The van der Waals surface area contributed by atoms with E-state index in [0.29, 0.717) is 57.4 Å². The number of hydrogen-bond acceptors (Lipinski definition) is 9. The maximum atomic E-state index is 12.8. The molecule has 1 amide bonds. The van der Waals surface area contributed by atoms with Gasteiger partial charge in [-0.2, -0.15) is 5.10 Å². The highest BCUT2D eigenvalue weighted by atomic mass is 16.5. The molecule has 0 radical (unpaired) electrons. The number of nitrogens with zero attached hydrogens (tertiary/aromatic N) is 5. The number of hydrogen-bond donors (Lipinski definition) is 1. The third-order valence-corrected chi connectivity index (χ3v) is 8.39. The Hall–Kier alpha value is -4.22. The Morgan fingerprint density at radius 3 is 2.56 bits per heavy atom. The minimum atomic E-state index is -0.226. The van der Waals surface area contributed by atoms with Crippen LogP contribution in [0, 0.1) is 19.3 Å². The number of piperidine rings is 1. The second-order valence-electron chi connectivity index (χ2n) is 11.6. The summed E-state index contributed by atoms with van der Waals surface area (Å²) in [5, 5.41) is 7.90. The van der Waals surface area contributed by atoms with E-state index in [1.165, 1.54) is 19.2 Å². The van der Waals surface area contributed by atoms with Crippen molar-refractivity contribution < 1.29 is 23.7 Å². The number of aromatic nitrogens is 4. The van der Waals surface area contributed by atoms with Gasteiger partial charge in [0.2, 0.25) is 5.88 Å². The molecule has 1 N–H and O–H groups in total. The smallest absolute Gasteiger partial charge is 0.273 e. The first-order valence-electron chi connectivity index (χ1n) is 14.7. The molecule has 2 saturated heterocycles. The number of carbonyl (C=O) groups is 1. The molecule has 0 aliphatic carbocycles. The molecule has 0 saturated carbocycles. The summed E-state index contributed by atoms with van der Waals surface area (Å²) < 4.78 is 25.0. The SMILES string of the molecule is COc1cc2c(Oc3ccc(NC(=O)c4cc(C)nn4C)c(C)c3)ncnc2cc1OCCCN1CCC2(CC1)COC2. The molecular formula is C32H38N6O5. The maximum absolute atomic E-state index is 12.8. The Morgan fingerprint density at radius 2 is 1.88 bits per heavy atom. The molecule has 226 valence electrons. The standard InChI is InChI=1S/C32H38N6O5/c1-21-14-23(6-7-25(21)35-30(39)27-15-22(2)36-37(27)3)43-31-24-16-28(40-4)29(17-26(24)33-20-34-31)42-13-5-10-38-11-8-32(9-12-38)18-41-19-32/h6-7,14-17,20H,5,8-13,18-19H2,1-4H3,(H,35,39). The van der Waals surface area contributed by atoms with Gasteiger partial charge in [0.15, 0.2) is 11.5 Å². The fourth-order valence-electron chi connectivity index (χ4n) is 5.76. The molecule has 6 rings (SSSR count). The third-order valence-electron chi connectivity index (χ3n) is 8.39. The van der Waals surface area contributed by atoms with Gasteiger partial charge in [-0.05, 0) is 82.1 Å². The average molecular weight is 587 g/mol. The molecule has 4 aromatic rings. The number of methoxy groups -OCH3 is 1. The number of ether oxygens (including phenoxy) is 4. The minimum absolute atomic E-state index is 0.226. The normalized spacial score (nSPS) is 16.2. The summed E-state index contributed by atoms with van der Waals surface area (Å²) in [4.78, 5) is 24.1. The quantitative estimate of drug-likeness (QED) is 0.259. The van der Waals surface area contributed by atoms with Crippen molar-refractivity contribution in [3.05, 3.63) is 59.7 Å². The molecule has 11 heteroatoms. The highest BCUT2D eigenvalue weighted by Crippen LogP contribution is 2.39. The van der Waals surface area contributed by atoms with Crippen LogP contribution < -0.4 is 19.5 Å². The van der Waals surface area contributed by atoms with Gasteiger partial charge < -0.3 is 29.2 Å². The van der Waals surface area contributed by atoms with Crippen LogP contribution in [0.4, 0.5) is 5.69 Å². The molecule has 0 bridgehead atoms. The van der Waals surface area contributed by atoms with E-state index in [2.05, 4.69) is 25.3 Å². The van der Waals surface area contributed by atoms with Gasteiger partial charge in [-0.3, -0.25) is 9.48 Å². The lowest BCUT2D eigenvalue weighted by Crippen LogP contribution is -2.51. The van der Waals surface area contributed by atoms with Crippen molar-refractivity contribution in [2.75, 3.05) is 51.9 Å². The zero-order valence-electron chi connectivity index (χ0n) is 25.2. The van der Waals surface area contributed by atoms with Gasteiger partial charge >= 0.3 is 0 Å². The monoisotopic (exact) mass is 586 g/mol. The van der Waals surface area contributed by atoms with Gasteiger partial charge in [0.1, 0.15) is 17.8 Å². The first-order valence-corrected chi connectivity index (χ1v) is 14.7. The van der Waals surface area contributed by atoms with Crippen molar-refractivity contribution in [3.63, 3.8) is 0 Å². The van der Waals surface area contributed by atoms with Gasteiger partial charge in [-0.25, -0.2) is 9.97 Å². The van der Waals surface area contributed by atoms with Crippen molar-refractivity contribution in [1.82, 2.24) is 24.6 Å². The topological polar surface area (TPSA) is 113 Å². The fraction of sp³-hybridized carbons (Fsp3) is 0.438. The molecule has 2 fully saturated rings. The molecule has 1 spiro atoms. The number of benzene rings is 2. The van der Waals surface area contributed by atoms with E-state index < -0.39 is 0 Å². The summed E-state index contributed by atoms with van der Waals surface area (Å²) in [6.07, 6.45) is 4.85. The molecule has 11 nitrogen and oxygen atoms in total. The van der Waals surface area contributed by atoms with Gasteiger partial charge in [-0.1, -0.05) is 0 Å². The number of aryl methyl sites for hydroxylation is 3. The van der Waals surface area contributed by atoms with Crippen molar-refractivity contribution in [2.24, 2.45) is 12.5 Å². The summed E-state index contributed by atoms with van der Waals surface area (Å²) in [6, 6.07) is 10.9. The molecule has 2 aromatic heterocycles. The Balaban J connectivity index is 1.09. The van der Waals surface area contributed by atoms with Crippen molar-refractivity contribution in [2.45, 2.75) is 33.1 Å². The number of likely N-dealkylation sites (tertiary alicyclic amines) is 1. The Morgan fingerprint density at radius 1 is 1.07 bits per heavy atom. The number of amides is 1. The van der Waals surface area contributed by atoms with E-state index in [9.17, 15) is 4.79 Å². The van der Waals surface area contributed by atoms with Crippen LogP contribution >= 0.6 is 0 Å². The summed E-state index contributed by atoms with van der Waals surface area (Å²) >= 11 is 0. The summed E-state index contributed by atoms with van der Waals surface area (Å²) in [5.74, 6) is 1.99. The van der Waals surface area contributed by atoms with Crippen LogP contribution in [0.3, 0.4) is 0 Å². The summed E-state index contributed by atoms with van der Waals surface area (Å²) in [6.45, 7) is 9.48. The predicted molar refractivity (Wildman–Crippen MR) is 162 cm³/mol.